The number of esters is 1. The number of primary amides is 1. The van der Waals surface area contributed by atoms with E-state index in [2.05, 4.69) is 10.2 Å². The van der Waals surface area contributed by atoms with E-state index < -0.39 is 17.8 Å². The average Bonchev–Trinajstić information content (AvgIpc) is 2.89. The van der Waals surface area contributed by atoms with Crippen molar-refractivity contribution in [3.63, 3.8) is 0 Å². The molecule has 0 spiro atoms. The topological polar surface area (TPSA) is 129 Å². The first-order valence-corrected chi connectivity index (χ1v) is 11.5. The number of carbonyl (C=O) groups is 3. The number of carbonyl (C=O) groups excluding carboxylic acids is 3. The maximum absolute atomic E-state index is 12.1. The Morgan fingerprint density at radius 2 is 1.75 bits per heavy atom. The second-order valence-electron chi connectivity index (χ2n) is 8.09. The fraction of sp³-hybridized carbons (Fsp3) is 0.346. The highest BCUT2D eigenvalue weighted by atomic mass is 16.5. The number of ether oxygens (including phenoxy) is 4. The van der Waals surface area contributed by atoms with E-state index in [4.69, 9.17) is 24.7 Å². The minimum atomic E-state index is -0.661. The molecule has 1 aliphatic rings. The minimum absolute atomic E-state index is 0.278. The molecular weight excluding hydrogens is 466 g/mol. The van der Waals surface area contributed by atoms with Crippen LogP contribution < -0.4 is 20.5 Å². The van der Waals surface area contributed by atoms with Gasteiger partial charge in [0.2, 0.25) is 0 Å². The number of nitrogens with one attached hydrogen (secondary N) is 1. The molecule has 0 atom stereocenters. The van der Waals surface area contributed by atoms with Crippen LogP contribution in [0.4, 0.5) is 0 Å². The standard InChI is InChI=1S/C26H31N3O7/c1-33-23-14-19(6-8-22(23)35-17-24(27)30)7-9-26(32)36-18-25(31)28-15-20-2-4-21(5-3-20)16-29-10-12-34-13-11-29/h2-9,14H,10-13,15-18H2,1H3,(H2,27,30)(H,28,31). The molecule has 2 amide bonds. The molecule has 3 rings (SSSR count). The zero-order valence-electron chi connectivity index (χ0n) is 20.2. The van der Waals surface area contributed by atoms with Gasteiger partial charge in [0.05, 0.1) is 20.3 Å². The Kier molecular flexibility index (Phi) is 10.3. The van der Waals surface area contributed by atoms with Gasteiger partial charge in [0, 0.05) is 32.3 Å². The molecule has 3 N–H and O–H groups in total. The summed E-state index contributed by atoms with van der Waals surface area (Å²) in [5.74, 6) is -0.942. The fourth-order valence-electron chi connectivity index (χ4n) is 3.44. The van der Waals surface area contributed by atoms with Crippen LogP contribution in [0.3, 0.4) is 0 Å². The molecule has 36 heavy (non-hydrogen) atoms. The van der Waals surface area contributed by atoms with E-state index in [1.807, 2.05) is 24.3 Å². The molecule has 0 aromatic heterocycles. The largest absolute Gasteiger partial charge is 0.493 e. The Balaban J connectivity index is 1.39. The van der Waals surface area contributed by atoms with Gasteiger partial charge in [-0.2, -0.15) is 0 Å². The maximum Gasteiger partial charge on any atom is 0.331 e. The van der Waals surface area contributed by atoms with Crippen molar-refractivity contribution in [2.24, 2.45) is 5.73 Å². The number of morpholine rings is 1. The van der Waals surface area contributed by atoms with Crippen LogP contribution in [0.15, 0.2) is 48.5 Å². The number of amides is 2. The van der Waals surface area contributed by atoms with Crippen LogP contribution in [-0.4, -0.2) is 69.3 Å². The second-order valence-corrected chi connectivity index (χ2v) is 8.09. The Morgan fingerprint density at radius 3 is 2.44 bits per heavy atom. The third-order valence-electron chi connectivity index (χ3n) is 5.34. The van der Waals surface area contributed by atoms with Crippen molar-refractivity contribution in [1.82, 2.24) is 10.2 Å². The lowest BCUT2D eigenvalue weighted by Crippen LogP contribution is -2.35. The minimum Gasteiger partial charge on any atom is -0.493 e. The molecule has 1 fully saturated rings. The summed E-state index contributed by atoms with van der Waals surface area (Å²) < 4.78 is 20.9. The second kappa shape index (κ2) is 13.9. The molecular formula is C26H31N3O7. The monoisotopic (exact) mass is 497 g/mol. The lowest BCUT2D eigenvalue weighted by atomic mass is 10.1. The van der Waals surface area contributed by atoms with Gasteiger partial charge in [-0.05, 0) is 34.9 Å². The van der Waals surface area contributed by atoms with E-state index in [1.54, 1.807) is 18.2 Å². The molecule has 192 valence electrons. The van der Waals surface area contributed by atoms with Crippen molar-refractivity contribution >= 4 is 23.9 Å². The smallest absolute Gasteiger partial charge is 0.331 e. The summed E-state index contributed by atoms with van der Waals surface area (Å²) in [5.41, 5.74) is 7.87. The summed E-state index contributed by atoms with van der Waals surface area (Å²) in [4.78, 5) is 37.3. The molecule has 0 bridgehead atoms. The van der Waals surface area contributed by atoms with Crippen LogP contribution in [0.25, 0.3) is 6.08 Å². The molecule has 1 aliphatic heterocycles. The molecule has 2 aromatic rings. The third kappa shape index (κ3) is 9.05. The van der Waals surface area contributed by atoms with Gasteiger partial charge in [-0.15, -0.1) is 0 Å². The summed E-state index contributed by atoms with van der Waals surface area (Å²) in [5, 5.41) is 2.74. The lowest BCUT2D eigenvalue weighted by molar-refractivity contribution is -0.143. The van der Waals surface area contributed by atoms with E-state index in [0.717, 1.165) is 38.4 Å². The summed E-state index contributed by atoms with van der Waals surface area (Å²) in [6.07, 6.45) is 2.72. The quantitative estimate of drug-likeness (QED) is 0.331. The molecule has 0 radical (unpaired) electrons. The van der Waals surface area contributed by atoms with Gasteiger partial charge in [-0.3, -0.25) is 14.5 Å². The van der Waals surface area contributed by atoms with Crippen LogP contribution in [-0.2, 0) is 36.9 Å². The number of nitrogens with zero attached hydrogens (tertiary/aromatic N) is 1. The molecule has 1 heterocycles. The molecule has 0 aliphatic carbocycles. The van der Waals surface area contributed by atoms with Gasteiger partial charge in [-0.25, -0.2) is 4.79 Å². The van der Waals surface area contributed by atoms with Crippen molar-refractivity contribution in [3.8, 4) is 11.5 Å². The van der Waals surface area contributed by atoms with Crippen LogP contribution in [0, 0.1) is 0 Å². The third-order valence-corrected chi connectivity index (χ3v) is 5.34. The van der Waals surface area contributed by atoms with Crippen LogP contribution in [0.1, 0.15) is 16.7 Å². The molecule has 0 saturated carbocycles. The average molecular weight is 498 g/mol. The van der Waals surface area contributed by atoms with Crippen molar-refractivity contribution in [3.05, 3.63) is 65.2 Å². The van der Waals surface area contributed by atoms with E-state index in [0.29, 0.717) is 23.6 Å². The zero-order chi connectivity index (χ0) is 25.8. The van der Waals surface area contributed by atoms with Gasteiger partial charge in [0.25, 0.3) is 11.8 Å². The molecule has 10 nitrogen and oxygen atoms in total. The van der Waals surface area contributed by atoms with Crippen LogP contribution in [0.2, 0.25) is 0 Å². The number of benzene rings is 2. The molecule has 2 aromatic carbocycles. The summed E-state index contributed by atoms with van der Waals surface area (Å²) in [6.45, 7) is 3.94. The van der Waals surface area contributed by atoms with Crippen LogP contribution in [0.5, 0.6) is 11.5 Å². The predicted molar refractivity (Wildman–Crippen MR) is 132 cm³/mol. The van der Waals surface area contributed by atoms with Crippen molar-refractivity contribution in [2.45, 2.75) is 13.1 Å². The SMILES string of the molecule is COc1cc(C=CC(=O)OCC(=O)NCc2ccc(CN3CCOCC3)cc2)ccc1OCC(N)=O. The molecule has 1 saturated heterocycles. The van der Waals surface area contributed by atoms with Gasteiger partial charge in [0.15, 0.2) is 24.7 Å². The van der Waals surface area contributed by atoms with Crippen molar-refractivity contribution in [2.75, 3.05) is 46.6 Å². The Bertz CT molecular complexity index is 1060. The number of hydrogen-bond acceptors (Lipinski definition) is 8. The Hall–Kier alpha value is -3.89. The molecule has 10 heteroatoms. The Labute approximate surface area is 209 Å². The highest BCUT2D eigenvalue weighted by Gasteiger charge is 2.11. The fourth-order valence-corrected chi connectivity index (χ4v) is 3.44. The van der Waals surface area contributed by atoms with E-state index in [1.165, 1.54) is 24.8 Å². The van der Waals surface area contributed by atoms with Gasteiger partial charge in [-0.1, -0.05) is 30.3 Å². The number of methoxy groups -OCH3 is 1. The van der Waals surface area contributed by atoms with E-state index >= 15 is 0 Å². The summed E-state index contributed by atoms with van der Waals surface area (Å²) in [6, 6.07) is 12.9. The highest BCUT2D eigenvalue weighted by Crippen LogP contribution is 2.28. The van der Waals surface area contributed by atoms with Crippen molar-refractivity contribution < 1.29 is 33.3 Å². The number of hydrogen-bond donors (Lipinski definition) is 2. The van der Waals surface area contributed by atoms with E-state index in [9.17, 15) is 14.4 Å². The summed E-state index contributed by atoms with van der Waals surface area (Å²) in [7, 11) is 1.45. The first-order chi connectivity index (χ1) is 17.4. The lowest BCUT2D eigenvalue weighted by Gasteiger charge is -2.26. The number of nitrogens with two attached hydrogens (primary N) is 1. The Morgan fingerprint density at radius 1 is 1.03 bits per heavy atom. The van der Waals surface area contributed by atoms with Crippen molar-refractivity contribution in [1.29, 1.82) is 0 Å². The zero-order valence-corrected chi connectivity index (χ0v) is 20.2. The summed E-state index contributed by atoms with van der Waals surface area (Å²) >= 11 is 0. The molecule has 0 unspecified atom stereocenters. The van der Waals surface area contributed by atoms with Crippen LogP contribution >= 0.6 is 0 Å². The van der Waals surface area contributed by atoms with E-state index in [-0.39, 0.29) is 13.2 Å². The predicted octanol–water partition coefficient (Wildman–Crippen LogP) is 1.26. The number of rotatable bonds is 12. The normalized spacial score (nSPS) is 13.8. The maximum atomic E-state index is 12.1. The van der Waals surface area contributed by atoms with Gasteiger partial charge < -0.3 is 30.0 Å². The first-order valence-electron chi connectivity index (χ1n) is 11.5. The van der Waals surface area contributed by atoms with Gasteiger partial charge in [0.1, 0.15) is 0 Å². The highest BCUT2D eigenvalue weighted by molar-refractivity contribution is 5.89. The van der Waals surface area contributed by atoms with Gasteiger partial charge >= 0.3 is 5.97 Å². The first kappa shape index (κ1) is 26.7.